The molecule has 0 aromatic rings. The first-order chi connectivity index (χ1) is 14.4. The first kappa shape index (κ1) is 23.9. The van der Waals surface area contributed by atoms with Gasteiger partial charge in [0, 0.05) is 16.6 Å². The molecule has 1 spiro atoms. The number of carbonyl (C=O) groups is 3. The Kier molecular flexibility index (Phi) is 7.77. The van der Waals surface area contributed by atoms with Gasteiger partial charge in [0.2, 0.25) is 11.8 Å². The lowest BCUT2D eigenvalue weighted by Gasteiger charge is -2.37. The number of carbonyl (C=O) groups excluding carboxylic acids is 3. The van der Waals surface area contributed by atoms with Crippen LogP contribution in [0.2, 0.25) is 0 Å². The lowest BCUT2D eigenvalue weighted by Crippen LogP contribution is -2.57. The normalized spacial score (nSPS) is 35.4. The number of thioether (sulfide) groups is 1. The summed E-state index contributed by atoms with van der Waals surface area (Å²) in [6.07, 6.45) is 4.16. The number of aliphatic hydroxyl groups is 1. The molecule has 9 heteroatoms. The van der Waals surface area contributed by atoms with Crippen molar-refractivity contribution in [2.75, 3.05) is 19.8 Å². The number of hydrogen-bond donors (Lipinski definition) is 2. The number of aliphatic hydroxyl groups excluding tert-OH is 1. The van der Waals surface area contributed by atoms with Gasteiger partial charge in [-0.05, 0) is 26.2 Å². The standard InChI is InChI=1S/C21H33BrN2O5S/c1-4-7-8-9-23-18(26)17-21-10-13(22)16(30-21)14(20(28)29-6-3)15(21)19(27)24(17)12(5-2)11-25/h12-17,25H,4-11H2,1-3H3,(H,23,26)/t12-,13?,14-,15-,16-,17?,21?/m0/s1. The number of amides is 2. The summed E-state index contributed by atoms with van der Waals surface area (Å²) in [4.78, 5) is 41.5. The van der Waals surface area contributed by atoms with Crippen molar-refractivity contribution in [3.63, 3.8) is 0 Å². The SMILES string of the molecule is CCCCCNC(=O)C1N([C@@H](CC)CO)C(=O)[C@@H]2[C@H](C(=O)OCC)[C@H]3SC12CC3Br. The van der Waals surface area contributed by atoms with E-state index >= 15 is 0 Å². The summed E-state index contributed by atoms with van der Waals surface area (Å²) in [6, 6.07) is -1.14. The van der Waals surface area contributed by atoms with Crippen LogP contribution in [-0.2, 0) is 19.1 Å². The fourth-order valence-corrected chi connectivity index (χ4v) is 8.95. The maximum absolute atomic E-state index is 13.6. The number of ether oxygens (including phenoxy) is 1. The molecule has 170 valence electrons. The zero-order valence-electron chi connectivity index (χ0n) is 17.9. The second-order valence-electron chi connectivity index (χ2n) is 8.40. The molecule has 3 unspecified atom stereocenters. The number of alkyl halides is 1. The van der Waals surface area contributed by atoms with Crippen LogP contribution in [0.1, 0.15) is 52.9 Å². The molecule has 0 saturated carbocycles. The monoisotopic (exact) mass is 504 g/mol. The number of rotatable bonds is 10. The third-order valence-electron chi connectivity index (χ3n) is 6.69. The van der Waals surface area contributed by atoms with E-state index in [0.29, 0.717) is 19.4 Å². The number of nitrogens with one attached hydrogen (secondary N) is 1. The Morgan fingerprint density at radius 1 is 1.37 bits per heavy atom. The van der Waals surface area contributed by atoms with Gasteiger partial charge in [0.05, 0.1) is 35.8 Å². The molecule has 3 rings (SSSR count). The van der Waals surface area contributed by atoms with E-state index in [9.17, 15) is 19.5 Å². The Balaban J connectivity index is 1.97. The molecule has 0 aliphatic carbocycles. The van der Waals surface area contributed by atoms with Crippen molar-refractivity contribution in [3.05, 3.63) is 0 Å². The largest absolute Gasteiger partial charge is 0.466 e. The van der Waals surface area contributed by atoms with Gasteiger partial charge in [-0.15, -0.1) is 11.8 Å². The lowest BCUT2D eigenvalue weighted by molar-refractivity contribution is -0.154. The van der Waals surface area contributed by atoms with Gasteiger partial charge in [-0.1, -0.05) is 42.6 Å². The summed E-state index contributed by atoms with van der Waals surface area (Å²) in [6.45, 7) is 6.38. The summed E-state index contributed by atoms with van der Waals surface area (Å²) in [5.41, 5.74) is 0. The van der Waals surface area contributed by atoms with Gasteiger partial charge in [-0.3, -0.25) is 14.4 Å². The van der Waals surface area contributed by atoms with Crippen LogP contribution in [0.25, 0.3) is 0 Å². The number of halogens is 1. The van der Waals surface area contributed by atoms with Crippen molar-refractivity contribution < 1.29 is 24.2 Å². The molecule has 2 amide bonds. The lowest BCUT2D eigenvalue weighted by atomic mass is 9.71. The number of fused-ring (bicyclic) bond motifs is 1. The van der Waals surface area contributed by atoms with Crippen LogP contribution in [0.5, 0.6) is 0 Å². The van der Waals surface area contributed by atoms with E-state index in [-0.39, 0.29) is 41.1 Å². The molecule has 0 aromatic heterocycles. The van der Waals surface area contributed by atoms with Crippen molar-refractivity contribution in [2.24, 2.45) is 11.8 Å². The van der Waals surface area contributed by atoms with Gasteiger partial charge in [-0.2, -0.15) is 0 Å². The van der Waals surface area contributed by atoms with E-state index in [1.54, 1.807) is 23.6 Å². The quantitative estimate of drug-likeness (QED) is 0.268. The minimum atomic E-state index is -0.691. The second kappa shape index (κ2) is 9.77. The number of nitrogens with zero attached hydrogens (tertiary/aromatic N) is 1. The fourth-order valence-electron chi connectivity index (χ4n) is 5.37. The van der Waals surface area contributed by atoms with Crippen molar-refractivity contribution in [1.82, 2.24) is 10.2 Å². The summed E-state index contributed by atoms with van der Waals surface area (Å²) in [7, 11) is 0. The molecular formula is C21H33BrN2O5S. The molecule has 7 nitrogen and oxygen atoms in total. The van der Waals surface area contributed by atoms with Crippen LogP contribution in [0, 0.1) is 11.8 Å². The molecule has 3 aliphatic heterocycles. The van der Waals surface area contributed by atoms with Crippen molar-refractivity contribution >= 4 is 45.5 Å². The molecule has 7 atom stereocenters. The van der Waals surface area contributed by atoms with Gasteiger partial charge >= 0.3 is 5.97 Å². The van der Waals surface area contributed by atoms with Crippen LogP contribution in [0.4, 0.5) is 0 Å². The average Bonchev–Trinajstić information content (AvgIpc) is 3.30. The van der Waals surface area contributed by atoms with Crippen LogP contribution in [-0.4, -0.2) is 74.5 Å². The number of esters is 1. The Hall–Kier alpha value is -0.800. The summed E-state index contributed by atoms with van der Waals surface area (Å²) >= 11 is 5.30. The van der Waals surface area contributed by atoms with E-state index in [1.807, 2.05) is 6.92 Å². The highest BCUT2D eigenvalue weighted by Crippen LogP contribution is 2.68. The molecule has 0 aromatic carbocycles. The van der Waals surface area contributed by atoms with Crippen LogP contribution in [0.3, 0.4) is 0 Å². The molecule has 2 N–H and O–H groups in total. The minimum absolute atomic E-state index is 0.0329. The number of hydrogen-bond acceptors (Lipinski definition) is 6. The van der Waals surface area contributed by atoms with Crippen LogP contribution < -0.4 is 5.32 Å². The summed E-state index contributed by atoms with van der Waals surface area (Å²) in [5, 5.41) is 12.9. The van der Waals surface area contributed by atoms with Gasteiger partial charge in [0.15, 0.2) is 0 Å². The van der Waals surface area contributed by atoms with E-state index in [1.165, 1.54) is 0 Å². The fraction of sp³-hybridized carbons (Fsp3) is 0.857. The predicted octanol–water partition coefficient (Wildman–Crippen LogP) is 2.09. The predicted molar refractivity (Wildman–Crippen MR) is 119 cm³/mol. The third-order valence-corrected chi connectivity index (χ3v) is 9.91. The van der Waals surface area contributed by atoms with E-state index in [0.717, 1.165) is 19.3 Å². The molecule has 3 saturated heterocycles. The average molecular weight is 505 g/mol. The highest BCUT2D eigenvalue weighted by atomic mass is 79.9. The second-order valence-corrected chi connectivity index (χ2v) is 11.1. The Morgan fingerprint density at radius 3 is 2.70 bits per heavy atom. The van der Waals surface area contributed by atoms with Crippen molar-refractivity contribution in [3.8, 4) is 0 Å². The zero-order valence-corrected chi connectivity index (χ0v) is 20.3. The molecule has 0 radical (unpaired) electrons. The topological polar surface area (TPSA) is 95.9 Å². The Labute approximate surface area is 191 Å². The Bertz CT molecular complexity index is 676. The molecule has 3 aliphatic rings. The smallest absolute Gasteiger partial charge is 0.310 e. The summed E-state index contributed by atoms with van der Waals surface area (Å²) < 4.78 is 4.65. The van der Waals surface area contributed by atoms with Gasteiger partial charge in [-0.25, -0.2) is 0 Å². The molecular weight excluding hydrogens is 472 g/mol. The number of unbranched alkanes of at least 4 members (excludes halogenated alkanes) is 2. The highest BCUT2D eigenvalue weighted by molar-refractivity contribution is 9.09. The number of likely N-dealkylation sites (tertiary alicyclic amines) is 1. The van der Waals surface area contributed by atoms with E-state index < -0.39 is 28.7 Å². The molecule has 3 fully saturated rings. The first-order valence-electron chi connectivity index (χ1n) is 11.1. The van der Waals surface area contributed by atoms with Gasteiger partial charge in [0.1, 0.15) is 6.04 Å². The maximum Gasteiger partial charge on any atom is 0.310 e. The van der Waals surface area contributed by atoms with Gasteiger partial charge < -0.3 is 20.1 Å². The molecule has 3 heterocycles. The van der Waals surface area contributed by atoms with E-state index in [4.69, 9.17) is 4.74 Å². The molecule has 2 bridgehead atoms. The van der Waals surface area contributed by atoms with Crippen LogP contribution in [0.15, 0.2) is 0 Å². The third kappa shape index (κ3) is 3.79. The maximum atomic E-state index is 13.6. The van der Waals surface area contributed by atoms with Crippen LogP contribution >= 0.6 is 27.7 Å². The van der Waals surface area contributed by atoms with Crippen molar-refractivity contribution in [2.45, 2.75) is 79.8 Å². The highest BCUT2D eigenvalue weighted by Gasteiger charge is 2.76. The molecule has 30 heavy (non-hydrogen) atoms. The summed E-state index contributed by atoms with van der Waals surface area (Å²) in [5.74, 6) is -1.90. The van der Waals surface area contributed by atoms with E-state index in [2.05, 4.69) is 28.2 Å². The van der Waals surface area contributed by atoms with Crippen molar-refractivity contribution in [1.29, 1.82) is 0 Å². The Morgan fingerprint density at radius 2 is 2.10 bits per heavy atom. The zero-order chi connectivity index (χ0) is 22.1. The van der Waals surface area contributed by atoms with Gasteiger partial charge in [0.25, 0.3) is 0 Å². The first-order valence-corrected chi connectivity index (χ1v) is 12.9. The minimum Gasteiger partial charge on any atom is -0.466 e.